The van der Waals surface area contributed by atoms with Crippen LogP contribution >= 0.6 is 0 Å². The quantitative estimate of drug-likeness (QED) is 0.430. The van der Waals surface area contributed by atoms with Crippen molar-refractivity contribution < 1.29 is 34.0 Å². The van der Waals surface area contributed by atoms with Gasteiger partial charge in [0, 0.05) is 18.0 Å². The minimum atomic E-state index is -1.35. The molecule has 2 unspecified atom stereocenters. The molecular weight excluding hydrogens is 450 g/mol. The van der Waals surface area contributed by atoms with Gasteiger partial charge >= 0.3 is 6.09 Å². The Hall–Kier alpha value is -3.75. The average molecular weight is 480 g/mol. The normalized spacial score (nSPS) is 13.9. The molecule has 0 aromatic heterocycles. The fourth-order valence-corrected chi connectivity index (χ4v) is 4.51. The number of rotatable bonds is 9. The molecule has 1 aliphatic carbocycles. The molecule has 0 saturated carbocycles. The third kappa shape index (κ3) is 4.76. The SMILES string of the molecule is COc1ccc(C(O)C(O)CNC(=O)OCC2c3ccccc3-c3ccccc32)c(OC)c1OC. The van der Waals surface area contributed by atoms with E-state index in [1.54, 1.807) is 12.1 Å². The largest absolute Gasteiger partial charge is 0.493 e. The second-order valence-corrected chi connectivity index (χ2v) is 8.14. The van der Waals surface area contributed by atoms with Crippen LogP contribution in [0.3, 0.4) is 0 Å². The van der Waals surface area contributed by atoms with Crippen molar-refractivity contribution in [2.24, 2.45) is 0 Å². The highest BCUT2D eigenvalue weighted by Gasteiger charge is 2.30. The molecule has 0 spiro atoms. The lowest BCUT2D eigenvalue weighted by Gasteiger charge is -2.22. The summed E-state index contributed by atoms with van der Waals surface area (Å²) >= 11 is 0. The summed E-state index contributed by atoms with van der Waals surface area (Å²) in [5.74, 6) is 0.883. The predicted molar refractivity (Wildman–Crippen MR) is 130 cm³/mol. The van der Waals surface area contributed by atoms with Gasteiger partial charge in [-0.3, -0.25) is 0 Å². The van der Waals surface area contributed by atoms with E-state index in [-0.39, 0.29) is 24.8 Å². The summed E-state index contributed by atoms with van der Waals surface area (Å²) in [6.45, 7) is -0.0721. The molecule has 2 atom stereocenters. The van der Waals surface area contributed by atoms with E-state index < -0.39 is 18.3 Å². The Morgan fingerprint density at radius 2 is 1.46 bits per heavy atom. The van der Waals surface area contributed by atoms with Gasteiger partial charge in [0.1, 0.15) is 18.8 Å². The molecule has 8 nitrogen and oxygen atoms in total. The lowest BCUT2D eigenvalue weighted by Crippen LogP contribution is -2.36. The van der Waals surface area contributed by atoms with Crippen molar-refractivity contribution in [1.29, 1.82) is 0 Å². The number of aliphatic hydroxyl groups excluding tert-OH is 2. The number of benzene rings is 3. The topological polar surface area (TPSA) is 106 Å². The van der Waals surface area contributed by atoms with Crippen LogP contribution in [0.5, 0.6) is 17.2 Å². The van der Waals surface area contributed by atoms with Crippen molar-refractivity contribution in [2.45, 2.75) is 18.1 Å². The molecular formula is C27H29NO7. The van der Waals surface area contributed by atoms with Gasteiger partial charge in [-0.15, -0.1) is 0 Å². The summed E-state index contributed by atoms with van der Waals surface area (Å²) in [4.78, 5) is 12.4. The highest BCUT2D eigenvalue weighted by atomic mass is 16.5. The Morgan fingerprint density at radius 3 is 2.03 bits per heavy atom. The molecule has 3 aromatic rings. The Morgan fingerprint density at radius 1 is 0.857 bits per heavy atom. The van der Waals surface area contributed by atoms with Crippen molar-refractivity contribution in [3.8, 4) is 28.4 Å². The summed E-state index contributed by atoms with van der Waals surface area (Å²) < 4.78 is 21.4. The molecule has 0 radical (unpaired) electrons. The van der Waals surface area contributed by atoms with E-state index in [2.05, 4.69) is 17.4 Å². The smallest absolute Gasteiger partial charge is 0.407 e. The van der Waals surface area contributed by atoms with Gasteiger partial charge in [0.25, 0.3) is 0 Å². The van der Waals surface area contributed by atoms with Crippen LogP contribution in [0.2, 0.25) is 0 Å². The van der Waals surface area contributed by atoms with Crippen LogP contribution in [0.15, 0.2) is 60.7 Å². The number of carbonyl (C=O) groups is 1. The Balaban J connectivity index is 1.38. The van der Waals surface area contributed by atoms with Gasteiger partial charge in [0.05, 0.1) is 21.3 Å². The van der Waals surface area contributed by atoms with E-state index in [1.807, 2.05) is 36.4 Å². The van der Waals surface area contributed by atoms with Crippen LogP contribution in [0, 0.1) is 0 Å². The van der Waals surface area contributed by atoms with Gasteiger partial charge in [-0.05, 0) is 34.4 Å². The second-order valence-electron chi connectivity index (χ2n) is 8.14. The minimum absolute atomic E-state index is 0.0697. The van der Waals surface area contributed by atoms with E-state index in [9.17, 15) is 15.0 Å². The maximum atomic E-state index is 12.4. The standard InChI is InChI=1S/C27H29NO7/c1-32-23-13-12-20(25(33-2)26(23)34-3)24(30)22(29)14-28-27(31)35-15-21-18-10-6-4-8-16(18)17-9-5-7-11-19(17)21/h4-13,21-22,24,29-30H,14-15H2,1-3H3,(H,28,31). The number of hydrogen-bond donors (Lipinski definition) is 3. The van der Waals surface area contributed by atoms with Crippen LogP contribution < -0.4 is 19.5 Å². The fraction of sp³-hybridized carbons (Fsp3) is 0.296. The summed E-state index contributed by atoms with van der Waals surface area (Å²) in [7, 11) is 4.36. The summed E-state index contributed by atoms with van der Waals surface area (Å²) in [5, 5.41) is 23.7. The maximum absolute atomic E-state index is 12.4. The molecule has 0 fully saturated rings. The monoisotopic (exact) mass is 479 g/mol. The molecule has 1 aliphatic rings. The minimum Gasteiger partial charge on any atom is -0.493 e. The summed E-state index contributed by atoms with van der Waals surface area (Å²) in [6.07, 6.45) is -3.35. The molecule has 35 heavy (non-hydrogen) atoms. The second kappa shape index (κ2) is 10.7. The van der Waals surface area contributed by atoms with Crippen LogP contribution in [0.1, 0.15) is 28.7 Å². The third-order valence-corrected chi connectivity index (χ3v) is 6.22. The van der Waals surface area contributed by atoms with Crippen LogP contribution in [0.4, 0.5) is 4.79 Å². The van der Waals surface area contributed by atoms with Crippen molar-refractivity contribution in [1.82, 2.24) is 5.32 Å². The van der Waals surface area contributed by atoms with Gasteiger partial charge in [-0.1, -0.05) is 48.5 Å². The third-order valence-electron chi connectivity index (χ3n) is 6.22. The molecule has 3 N–H and O–H groups in total. The van der Waals surface area contributed by atoms with Crippen molar-refractivity contribution >= 4 is 6.09 Å². The highest BCUT2D eigenvalue weighted by Crippen LogP contribution is 2.45. The lowest BCUT2D eigenvalue weighted by atomic mass is 9.98. The Bertz CT molecular complexity index is 1150. The maximum Gasteiger partial charge on any atom is 0.407 e. The van der Waals surface area contributed by atoms with Gasteiger partial charge < -0.3 is 34.5 Å². The molecule has 8 heteroatoms. The van der Waals surface area contributed by atoms with E-state index in [4.69, 9.17) is 18.9 Å². The Kier molecular flexibility index (Phi) is 7.43. The molecule has 4 rings (SSSR count). The van der Waals surface area contributed by atoms with Crippen LogP contribution in [0.25, 0.3) is 11.1 Å². The molecule has 0 heterocycles. The number of carbonyl (C=O) groups excluding carboxylic acids is 1. The number of methoxy groups -OCH3 is 3. The van der Waals surface area contributed by atoms with Crippen molar-refractivity contribution in [3.63, 3.8) is 0 Å². The molecule has 3 aromatic carbocycles. The fourth-order valence-electron chi connectivity index (χ4n) is 4.51. The first kappa shape index (κ1) is 24.4. The predicted octanol–water partition coefficient (Wildman–Crippen LogP) is 3.65. The highest BCUT2D eigenvalue weighted by molar-refractivity contribution is 5.79. The first-order chi connectivity index (χ1) is 17.0. The van der Waals surface area contributed by atoms with Crippen LogP contribution in [-0.4, -0.2) is 56.9 Å². The average Bonchev–Trinajstić information content (AvgIpc) is 3.22. The molecule has 1 amide bonds. The number of aliphatic hydroxyl groups is 2. The number of nitrogens with one attached hydrogen (secondary N) is 1. The summed E-state index contributed by atoms with van der Waals surface area (Å²) in [5.41, 5.74) is 4.79. The van der Waals surface area contributed by atoms with Gasteiger partial charge in [-0.25, -0.2) is 4.79 Å². The first-order valence-electron chi connectivity index (χ1n) is 11.2. The van der Waals surface area contributed by atoms with Crippen molar-refractivity contribution in [2.75, 3.05) is 34.5 Å². The summed E-state index contributed by atoms with van der Waals surface area (Å²) in [6, 6.07) is 19.3. The zero-order valence-corrected chi connectivity index (χ0v) is 19.9. The molecule has 0 aliphatic heterocycles. The van der Waals surface area contributed by atoms with E-state index in [0.29, 0.717) is 17.1 Å². The van der Waals surface area contributed by atoms with E-state index in [0.717, 1.165) is 22.3 Å². The number of alkyl carbamates (subject to hydrolysis) is 1. The zero-order chi connectivity index (χ0) is 24.9. The van der Waals surface area contributed by atoms with Crippen LogP contribution in [-0.2, 0) is 4.74 Å². The van der Waals surface area contributed by atoms with Gasteiger partial charge in [-0.2, -0.15) is 0 Å². The van der Waals surface area contributed by atoms with Gasteiger partial charge in [0.15, 0.2) is 11.5 Å². The Labute approximate surface area is 204 Å². The van der Waals surface area contributed by atoms with E-state index >= 15 is 0 Å². The number of amides is 1. The first-order valence-corrected chi connectivity index (χ1v) is 11.2. The van der Waals surface area contributed by atoms with Gasteiger partial charge in [0.2, 0.25) is 5.75 Å². The molecule has 0 bridgehead atoms. The molecule has 184 valence electrons. The number of ether oxygens (including phenoxy) is 4. The number of hydrogen-bond acceptors (Lipinski definition) is 7. The zero-order valence-electron chi connectivity index (χ0n) is 19.9. The molecule has 0 saturated heterocycles. The number of fused-ring (bicyclic) bond motifs is 3. The van der Waals surface area contributed by atoms with Crippen molar-refractivity contribution in [3.05, 3.63) is 77.4 Å². The lowest BCUT2D eigenvalue weighted by molar-refractivity contribution is 0.0170. The van der Waals surface area contributed by atoms with E-state index in [1.165, 1.54) is 21.3 Å².